The second-order valence-electron chi connectivity index (χ2n) is 5.79. The molecular weight excluding hydrogens is 453 g/mol. The number of alkyl halides is 3. The van der Waals surface area contributed by atoms with Gasteiger partial charge in [0.05, 0.1) is 18.0 Å². The molecule has 0 fully saturated rings. The Hall–Kier alpha value is -2.85. The van der Waals surface area contributed by atoms with Gasteiger partial charge in [-0.1, -0.05) is 24.3 Å². The van der Waals surface area contributed by atoms with Crippen molar-refractivity contribution in [1.29, 1.82) is 0 Å². The third-order valence-electron chi connectivity index (χ3n) is 3.62. The minimum absolute atomic E-state index is 0.129. The second-order valence-corrected chi connectivity index (χ2v) is 6.65. The maximum atomic E-state index is 12.5. The lowest BCUT2D eigenvalue weighted by Crippen LogP contribution is -2.17. The SMILES string of the molecule is OCCNc1nc(Nc2ccccc2Br)cc(-c2cccc(OC(F)(F)F)c2)n1. The van der Waals surface area contributed by atoms with Crippen molar-refractivity contribution >= 4 is 33.4 Å². The molecule has 0 saturated carbocycles. The Labute approximate surface area is 172 Å². The van der Waals surface area contributed by atoms with E-state index in [0.29, 0.717) is 17.1 Å². The molecule has 3 rings (SSSR count). The molecule has 6 nitrogen and oxygen atoms in total. The van der Waals surface area contributed by atoms with Crippen LogP contribution in [0.2, 0.25) is 0 Å². The van der Waals surface area contributed by atoms with E-state index in [1.165, 1.54) is 18.2 Å². The van der Waals surface area contributed by atoms with Gasteiger partial charge in [0.2, 0.25) is 5.95 Å². The van der Waals surface area contributed by atoms with Gasteiger partial charge in [0.25, 0.3) is 0 Å². The number of nitrogens with one attached hydrogen (secondary N) is 2. The highest BCUT2D eigenvalue weighted by molar-refractivity contribution is 9.10. The highest BCUT2D eigenvalue weighted by Crippen LogP contribution is 2.30. The highest BCUT2D eigenvalue weighted by atomic mass is 79.9. The van der Waals surface area contributed by atoms with Crippen LogP contribution in [0.15, 0.2) is 59.1 Å². The van der Waals surface area contributed by atoms with Crippen molar-refractivity contribution in [2.24, 2.45) is 0 Å². The number of hydrogen-bond acceptors (Lipinski definition) is 6. The summed E-state index contributed by atoms with van der Waals surface area (Å²) < 4.78 is 42.4. The number of rotatable bonds is 7. The van der Waals surface area contributed by atoms with Crippen LogP contribution in [0.5, 0.6) is 5.75 Å². The number of halogens is 4. The van der Waals surface area contributed by atoms with Gasteiger partial charge in [0.15, 0.2) is 0 Å². The van der Waals surface area contributed by atoms with Crippen molar-refractivity contribution in [3.63, 3.8) is 0 Å². The van der Waals surface area contributed by atoms with Crippen LogP contribution in [0.3, 0.4) is 0 Å². The molecule has 3 N–H and O–H groups in total. The first-order chi connectivity index (χ1) is 13.8. The number of aromatic nitrogens is 2. The molecule has 0 spiro atoms. The smallest absolute Gasteiger partial charge is 0.406 e. The summed E-state index contributed by atoms with van der Waals surface area (Å²) in [5.41, 5.74) is 1.54. The van der Waals surface area contributed by atoms with Crippen molar-refractivity contribution in [3.05, 3.63) is 59.1 Å². The zero-order valence-corrected chi connectivity index (χ0v) is 16.5. The summed E-state index contributed by atoms with van der Waals surface area (Å²) in [5.74, 6) is 0.288. The zero-order chi connectivity index (χ0) is 20.9. The third-order valence-corrected chi connectivity index (χ3v) is 4.31. The molecule has 152 valence electrons. The second kappa shape index (κ2) is 9.10. The van der Waals surface area contributed by atoms with Crippen LogP contribution in [-0.2, 0) is 0 Å². The van der Waals surface area contributed by atoms with E-state index >= 15 is 0 Å². The van der Waals surface area contributed by atoms with E-state index in [2.05, 4.69) is 41.3 Å². The van der Waals surface area contributed by atoms with Crippen LogP contribution in [0.1, 0.15) is 0 Å². The van der Waals surface area contributed by atoms with Gasteiger partial charge in [-0.2, -0.15) is 4.98 Å². The average Bonchev–Trinajstić information content (AvgIpc) is 2.67. The molecule has 2 aromatic carbocycles. The molecule has 0 amide bonds. The number of ether oxygens (including phenoxy) is 1. The minimum atomic E-state index is -4.79. The summed E-state index contributed by atoms with van der Waals surface area (Å²) in [4.78, 5) is 8.66. The number of nitrogens with zero attached hydrogens (tertiary/aromatic N) is 2. The van der Waals surface area contributed by atoms with Crippen LogP contribution in [0.4, 0.5) is 30.6 Å². The molecule has 0 aliphatic rings. The van der Waals surface area contributed by atoms with E-state index in [1.54, 1.807) is 12.1 Å². The molecule has 0 radical (unpaired) electrons. The maximum Gasteiger partial charge on any atom is 0.573 e. The van der Waals surface area contributed by atoms with Gasteiger partial charge < -0.3 is 20.5 Å². The van der Waals surface area contributed by atoms with Gasteiger partial charge in [-0.05, 0) is 40.2 Å². The predicted octanol–water partition coefficient (Wildman–Crippen LogP) is 4.95. The minimum Gasteiger partial charge on any atom is -0.406 e. The van der Waals surface area contributed by atoms with Gasteiger partial charge in [-0.25, -0.2) is 4.98 Å². The van der Waals surface area contributed by atoms with Crippen LogP contribution >= 0.6 is 15.9 Å². The zero-order valence-electron chi connectivity index (χ0n) is 14.9. The number of hydrogen-bond donors (Lipinski definition) is 3. The molecule has 1 heterocycles. The van der Waals surface area contributed by atoms with Crippen molar-refractivity contribution in [1.82, 2.24) is 9.97 Å². The number of para-hydroxylation sites is 1. The summed E-state index contributed by atoms with van der Waals surface area (Å²) in [6, 6.07) is 14.5. The Morgan fingerprint density at radius 2 is 1.83 bits per heavy atom. The fraction of sp³-hybridized carbons (Fsp3) is 0.158. The number of anilines is 3. The molecule has 0 aliphatic carbocycles. The normalized spacial score (nSPS) is 11.2. The lowest BCUT2D eigenvalue weighted by atomic mass is 10.1. The molecule has 3 aromatic rings. The summed E-state index contributed by atoms with van der Waals surface area (Å²) in [6.45, 7) is 0.0879. The van der Waals surface area contributed by atoms with E-state index in [1.807, 2.05) is 24.3 Å². The molecule has 0 atom stereocenters. The molecule has 0 aliphatic heterocycles. The van der Waals surface area contributed by atoms with Gasteiger partial charge in [0, 0.05) is 22.6 Å². The number of benzene rings is 2. The quantitative estimate of drug-likeness (QED) is 0.455. The molecule has 10 heteroatoms. The number of aliphatic hydroxyl groups is 1. The fourth-order valence-electron chi connectivity index (χ4n) is 2.46. The number of aliphatic hydroxyl groups excluding tert-OH is 1. The monoisotopic (exact) mass is 468 g/mol. The first-order valence-corrected chi connectivity index (χ1v) is 9.25. The molecule has 0 saturated heterocycles. The van der Waals surface area contributed by atoms with Crippen LogP contribution in [0, 0.1) is 0 Å². The Kier molecular flexibility index (Phi) is 6.55. The van der Waals surface area contributed by atoms with Gasteiger partial charge in [-0.15, -0.1) is 13.2 Å². The van der Waals surface area contributed by atoms with E-state index < -0.39 is 6.36 Å². The van der Waals surface area contributed by atoms with Crippen molar-refractivity contribution in [2.45, 2.75) is 6.36 Å². The van der Waals surface area contributed by atoms with Gasteiger partial charge >= 0.3 is 6.36 Å². The topological polar surface area (TPSA) is 79.3 Å². The average molecular weight is 469 g/mol. The lowest BCUT2D eigenvalue weighted by molar-refractivity contribution is -0.274. The van der Waals surface area contributed by atoms with Crippen LogP contribution in [0.25, 0.3) is 11.3 Å². The summed E-state index contributed by atoms with van der Waals surface area (Å²) >= 11 is 3.44. The first kappa shape index (κ1) is 20.9. The Bertz CT molecular complexity index is 986. The molecule has 29 heavy (non-hydrogen) atoms. The van der Waals surface area contributed by atoms with Gasteiger partial charge in [-0.3, -0.25) is 0 Å². The van der Waals surface area contributed by atoms with Crippen molar-refractivity contribution in [2.75, 3.05) is 23.8 Å². The van der Waals surface area contributed by atoms with E-state index in [0.717, 1.165) is 10.2 Å². The summed E-state index contributed by atoms with van der Waals surface area (Å²) in [6.07, 6.45) is -4.79. The molecule has 0 bridgehead atoms. The van der Waals surface area contributed by atoms with Crippen LogP contribution < -0.4 is 15.4 Å². The largest absolute Gasteiger partial charge is 0.573 e. The predicted molar refractivity (Wildman–Crippen MR) is 107 cm³/mol. The van der Waals surface area contributed by atoms with Crippen LogP contribution in [-0.4, -0.2) is 34.6 Å². The third kappa shape index (κ3) is 6.06. The van der Waals surface area contributed by atoms with E-state index in [4.69, 9.17) is 5.11 Å². The molecular formula is C19H16BrF3N4O2. The summed E-state index contributed by atoms with van der Waals surface area (Å²) in [7, 11) is 0. The first-order valence-electron chi connectivity index (χ1n) is 8.45. The maximum absolute atomic E-state index is 12.5. The van der Waals surface area contributed by atoms with E-state index in [-0.39, 0.29) is 24.8 Å². The fourth-order valence-corrected chi connectivity index (χ4v) is 2.84. The standard InChI is InChI=1S/C19H16BrF3N4O2/c20-14-6-1-2-7-15(14)25-17-11-16(26-18(27-17)24-8-9-28)12-4-3-5-13(10-12)29-19(21,22)23/h1-7,10-11,28H,8-9H2,(H2,24,25,26,27). The van der Waals surface area contributed by atoms with Gasteiger partial charge in [0.1, 0.15) is 11.6 Å². The van der Waals surface area contributed by atoms with E-state index in [9.17, 15) is 13.2 Å². The Balaban J connectivity index is 1.97. The van der Waals surface area contributed by atoms with Crippen molar-refractivity contribution in [3.8, 4) is 17.0 Å². The molecule has 1 aromatic heterocycles. The summed E-state index contributed by atoms with van der Waals surface area (Å²) in [5, 5.41) is 15.0. The Morgan fingerprint density at radius 1 is 1.03 bits per heavy atom. The van der Waals surface area contributed by atoms with Crippen molar-refractivity contribution < 1.29 is 23.0 Å². The molecule has 0 unspecified atom stereocenters. The Morgan fingerprint density at radius 3 is 2.55 bits per heavy atom. The lowest BCUT2D eigenvalue weighted by Gasteiger charge is -2.13. The highest BCUT2D eigenvalue weighted by Gasteiger charge is 2.31.